The maximum absolute atomic E-state index is 11.5. The Morgan fingerprint density at radius 3 is 2.90 bits per heavy atom. The molecule has 0 bridgehead atoms. The minimum absolute atomic E-state index is 0.218. The second-order valence-corrected chi connectivity index (χ2v) is 4.71. The van der Waals surface area contributed by atoms with Crippen molar-refractivity contribution in [3.63, 3.8) is 0 Å². The largest absolute Gasteiger partial charge is 0.378 e. The number of anilines is 1. The van der Waals surface area contributed by atoms with E-state index in [4.69, 9.17) is 9.47 Å². The molecule has 1 fully saturated rings. The van der Waals surface area contributed by atoms with Crippen LogP contribution in [0, 0.1) is 0 Å². The first kappa shape index (κ1) is 14.7. The van der Waals surface area contributed by atoms with Crippen molar-refractivity contribution in [3.8, 4) is 0 Å². The summed E-state index contributed by atoms with van der Waals surface area (Å²) < 4.78 is 10.9. The number of carbonyl (C=O) groups is 1. The molecule has 1 aromatic rings. The Hall–Kier alpha value is -1.73. The predicted octanol–water partition coefficient (Wildman–Crippen LogP) is 0.444. The highest BCUT2D eigenvalue weighted by molar-refractivity contribution is 5.92. The number of nitrogens with zero attached hydrogens (tertiary/aromatic N) is 2. The summed E-state index contributed by atoms with van der Waals surface area (Å²) in [5.74, 6) is 0.394. The van der Waals surface area contributed by atoms with Gasteiger partial charge in [0.2, 0.25) is 0 Å². The van der Waals surface area contributed by atoms with Gasteiger partial charge in [0.05, 0.1) is 6.61 Å². The molecule has 1 unspecified atom stereocenters. The highest BCUT2D eigenvalue weighted by Gasteiger charge is 2.34. The third kappa shape index (κ3) is 3.43. The first-order valence-electron chi connectivity index (χ1n) is 6.68. The lowest BCUT2D eigenvalue weighted by Crippen LogP contribution is -2.39. The zero-order valence-electron chi connectivity index (χ0n) is 11.8. The van der Waals surface area contributed by atoms with Crippen molar-refractivity contribution in [2.45, 2.75) is 18.9 Å². The molecule has 1 atom stereocenters. The summed E-state index contributed by atoms with van der Waals surface area (Å²) in [5, 5.41) is 13.7. The maximum atomic E-state index is 11.5. The normalized spacial score (nSPS) is 21.7. The molecule has 1 amide bonds. The number of hydrogen-bond acceptors (Lipinski definition) is 6. The number of carbonyl (C=O) groups excluding carboxylic acids is 1. The maximum Gasteiger partial charge on any atom is 0.271 e. The van der Waals surface area contributed by atoms with Crippen LogP contribution in [0.2, 0.25) is 0 Å². The van der Waals surface area contributed by atoms with Gasteiger partial charge in [0, 0.05) is 33.2 Å². The molecule has 1 aromatic heterocycles. The second kappa shape index (κ2) is 6.62. The molecule has 1 aliphatic rings. The van der Waals surface area contributed by atoms with E-state index in [2.05, 4.69) is 20.8 Å². The highest BCUT2D eigenvalue weighted by atomic mass is 16.5. The lowest BCUT2D eigenvalue weighted by atomic mass is 10.0. The summed E-state index contributed by atoms with van der Waals surface area (Å²) in [7, 11) is 1.68. The van der Waals surface area contributed by atoms with Crippen LogP contribution in [0.15, 0.2) is 12.1 Å². The third-order valence-corrected chi connectivity index (χ3v) is 3.33. The van der Waals surface area contributed by atoms with E-state index < -0.39 is 0 Å². The van der Waals surface area contributed by atoms with Gasteiger partial charge in [-0.3, -0.25) is 4.79 Å². The fourth-order valence-corrected chi connectivity index (χ4v) is 2.01. The molecule has 110 valence electrons. The quantitative estimate of drug-likeness (QED) is 0.786. The van der Waals surface area contributed by atoms with Crippen molar-refractivity contribution in [1.29, 1.82) is 0 Å². The molecule has 0 saturated carbocycles. The van der Waals surface area contributed by atoms with Crippen LogP contribution in [-0.2, 0) is 9.47 Å². The van der Waals surface area contributed by atoms with Crippen molar-refractivity contribution in [2.24, 2.45) is 0 Å². The highest BCUT2D eigenvalue weighted by Crippen LogP contribution is 2.22. The van der Waals surface area contributed by atoms with E-state index in [0.29, 0.717) is 37.8 Å². The van der Waals surface area contributed by atoms with Gasteiger partial charge in [-0.25, -0.2) is 0 Å². The molecule has 2 N–H and O–H groups in total. The number of hydrogen-bond donors (Lipinski definition) is 2. The van der Waals surface area contributed by atoms with Crippen molar-refractivity contribution in [2.75, 3.05) is 38.7 Å². The van der Waals surface area contributed by atoms with Crippen molar-refractivity contribution < 1.29 is 14.3 Å². The van der Waals surface area contributed by atoms with Crippen molar-refractivity contribution >= 4 is 11.7 Å². The van der Waals surface area contributed by atoms with Crippen LogP contribution in [0.4, 0.5) is 5.82 Å². The molecule has 0 aliphatic carbocycles. The molecule has 2 rings (SSSR count). The molecule has 7 heteroatoms. The molecule has 2 heterocycles. The van der Waals surface area contributed by atoms with Gasteiger partial charge in [0.1, 0.15) is 11.4 Å². The molecule has 1 aliphatic heterocycles. The smallest absolute Gasteiger partial charge is 0.271 e. The van der Waals surface area contributed by atoms with E-state index in [1.807, 2.05) is 6.92 Å². The zero-order valence-corrected chi connectivity index (χ0v) is 11.8. The lowest BCUT2D eigenvalue weighted by molar-refractivity contribution is -0.00626. The van der Waals surface area contributed by atoms with Gasteiger partial charge < -0.3 is 20.1 Å². The summed E-state index contributed by atoms with van der Waals surface area (Å²) in [6.45, 7) is 4.29. The summed E-state index contributed by atoms with van der Waals surface area (Å²) in [5.41, 5.74) is 0.00277. The molecular formula is C13H20N4O3. The topological polar surface area (TPSA) is 85.4 Å². The van der Waals surface area contributed by atoms with E-state index in [-0.39, 0.29) is 11.5 Å². The molecule has 0 radical (unpaired) electrons. The fraction of sp³-hybridized carbons (Fsp3) is 0.615. The zero-order chi connectivity index (χ0) is 14.4. The Kier molecular flexibility index (Phi) is 4.86. The van der Waals surface area contributed by atoms with Crippen LogP contribution in [0.25, 0.3) is 0 Å². The van der Waals surface area contributed by atoms with E-state index in [1.165, 1.54) is 0 Å². The second-order valence-electron chi connectivity index (χ2n) is 4.71. The van der Waals surface area contributed by atoms with E-state index in [0.717, 1.165) is 6.42 Å². The van der Waals surface area contributed by atoms with Crippen molar-refractivity contribution in [1.82, 2.24) is 15.5 Å². The van der Waals surface area contributed by atoms with Gasteiger partial charge in [-0.2, -0.15) is 0 Å². The average molecular weight is 280 g/mol. The predicted molar refractivity (Wildman–Crippen MR) is 73.7 cm³/mol. The monoisotopic (exact) mass is 280 g/mol. The fourth-order valence-electron chi connectivity index (χ4n) is 2.01. The van der Waals surface area contributed by atoms with E-state index in [9.17, 15) is 4.79 Å². The molecular weight excluding hydrogens is 260 g/mol. The number of aromatic nitrogens is 2. The van der Waals surface area contributed by atoms with Gasteiger partial charge in [0.25, 0.3) is 5.91 Å². The van der Waals surface area contributed by atoms with Crippen LogP contribution < -0.4 is 10.6 Å². The number of nitrogens with one attached hydrogen (secondary N) is 2. The van der Waals surface area contributed by atoms with Crippen molar-refractivity contribution in [3.05, 3.63) is 17.8 Å². The Morgan fingerprint density at radius 1 is 1.50 bits per heavy atom. The Morgan fingerprint density at radius 2 is 2.35 bits per heavy atom. The third-order valence-electron chi connectivity index (χ3n) is 3.33. The minimum Gasteiger partial charge on any atom is -0.378 e. The molecule has 1 saturated heterocycles. The van der Waals surface area contributed by atoms with Crippen LogP contribution in [0.1, 0.15) is 23.8 Å². The van der Waals surface area contributed by atoms with Gasteiger partial charge >= 0.3 is 0 Å². The van der Waals surface area contributed by atoms with Crippen LogP contribution >= 0.6 is 0 Å². The molecule has 20 heavy (non-hydrogen) atoms. The van der Waals surface area contributed by atoms with Crippen LogP contribution in [-0.4, -0.2) is 55.1 Å². The Balaban J connectivity index is 1.92. The SMILES string of the molecule is CCNC(=O)c1ccc(NCC2(OC)CCOC2)nn1. The van der Waals surface area contributed by atoms with E-state index >= 15 is 0 Å². The summed E-state index contributed by atoms with van der Waals surface area (Å²) >= 11 is 0. The van der Waals surface area contributed by atoms with Gasteiger partial charge in [-0.15, -0.1) is 10.2 Å². The van der Waals surface area contributed by atoms with Gasteiger partial charge in [0.15, 0.2) is 5.69 Å². The standard InChI is InChI=1S/C13H20N4O3/c1-3-14-12(18)10-4-5-11(17-16-10)15-8-13(19-2)6-7-20-9-13/h4-5H,3,6-9H2,1-2H3,(H,14,18)(H,15,17). The van der Waals surface area contributed by atoms with Gasteiger partial charge in [-0.1, -0.05) is 0 Å². The summed E-state index contributed by atoms with van der Waals surface area (Å²) in [6.07, 6.45) is 0.848. The molecule has 0 aromatic carbocycles. The Labute approximate surface area is 118 Å². The first-order valence-corrected chi connectivity index (χ1v) is 6.68. The number of methoxy groups -OCH3 is 1. The summed E-state index contributed by atoms with van der Waals surface area (Å²) in [4.78, 5) is 11.5. The van der Waals surface area contributed by atoms with Crippen LogP contribution in [0.3, 0.4) is 0 Å². The molecule has 0 spiro atoms. The first-order chi connectivity index (χ1) is 9.69. The van der Waals surface area contributed by atoms with Crippen LogP contribution in [0.5, 0.6) is 0 Å². The number of amides is 1. The number of ether oxygens (including phenoxy) is 2. The summed E-state index contributed by atoms with van der Waals surface area (Å²) in [6, 6.07) is 3.38. The lowest BCUT2D eigenvalue weighted by Gasteiger charge is -2.25. The minimum atomic E-state index is -0.306. The average Bonchev–Trinajstić information content (AvgIpc) is 2.95. The molecule has 7 nitrogen and oxygen atoms in total. The van der Waals surface area contributed by atoms with E-state index in [1.54, 1.807) is 19.2 Å². The van der Waals surface area contributed by atoms with Gasteiger partial charge in [-0.05, 0) is 19.1 Å². The Bertz CT molecular complexity index is 443. The number of rotatable bonds is 6.